The van der Waals surface area contributed by atoms with Gasteiger partial charge in [0.2, 0.25) is 0 Å². The molecule has 1 aliphatic heterocycles. The molecular weight excluding hydrogens is 430 g/mol. The quantitative estimate of drug-likeness (QED) is 0.340. The standard InChI is InChI=1S/C25H30BFN6O/c1-4-9-22(33-16-14-28-15-17-33)19(5-2)30-24(34)21-12-8-13-23(29-21)32-25(26-3)31-20-11-7-6-10-18(20)27/h4-13,28,31H,2,14-17H2,1,3H3,(H,29,32)(H,30,34)/b9-4-,22-19-. The Labute approximate surface area is 200 Å². The van der Waals surface area contributed by atoms with Crippen LogP contribution in [0.15, 0.2) is 78.7 Å². The average molecular weight is 460 g/mol. The van der Waals surface area contributed by atoms with E-state index < -0.39 is 0 Å². The molecule has 4 N–H and O–H groups in total. The first-order chi connectivity index (χ1) is 16.5. The molecular formula is C25H30BFN6O. The van der Waals surface area contributed by atoms with Crippen LogP contribution in [0.3, 0.4) is 0 Å². The molecule has 34 heavy (non-hydrogen) atoms. The van der Waals surface area contributed by atoms with E-state index >= 15 is 0 Å². The number of hydrogen-bond donors (Lipinski definition) is 4. The van der Waals surface area contributed by atoms with Gasteiger partial charge in [0, 0.05) is 0 Å². The second kappa shape index (κ2) is 12.5. The molecule has 0 unspecified atom stereocenters. The minimum atomic E-state index is -0.366. The summed E-state index contributed by atoms with van der Waals surface area (Å²) in [5.41, 5.74) is 2.65. The average Bonchev–Trinajstić information content (AvgIpc) is 2.87. The third-order valence-electron chi connectivity index (χ3n) is 5.19. The van der Waals surface area contributed by atoms with Crippen LogP contribution in [-0.2, 0) is 0 Å². The number of para-hydroxylation sites is 1. The van der Waals surface area contributed by atoms with E-state index in [2.05, 4.69) is 37.7 Å². The summed E-state index contributed by atoms with van der Waals surface area (Å²) in [4.78, 5) is 19.7. The normalized spacial score (nSPS) is 14.8. The van der Waals surface area contributed by atoms with Crippen LogP contribution in [0.1, 0.15) is 17.4 Å². The fourth-order valence-electron chi connectivity index (χ4n) is 3.49. The molecule has 1 fully saturated rings. The number of piperazine rings is 1. The van der Waals surface area contributed by atoms with Crippen molar-refractivity contribution in [2.45, 2.75) is 13.7 Å². The number of rotatable bonds is 9. The van der Waals surface area contributed by atoms with Gasteiger partial charge in [-0.1, -0.05) is 0 Å². The maximum atomic E-state index is 14.0. The number of nitrogens with zero attached hydrogens (tertiary/aromatic N) is 2. The molecule has 0 radical (unpaired) electrons. The van der Waals surface area contributed by atoms with Crippen molar-refractivity contribution in [1.29, 1.82) is 0 Å². The zero-order valence-electron chi connectivity index (χ0n) is 19.6. The molecule has 2 heterocycles. The van der Waals surface area contributed by atoms with E-state index in [4.69, 9.17) is 0 Å². The Balaban J connectivity index is 1.76. The van der Waals surface area contributed by atoms with Crippen LogP contribution in [0.4, 0.5) is 15.9 Å². The minimum absolute atomic E-state index is 0.242. The predicted molar refractivity (Wildman–Crippen MR) is 138 cm³/mol. The van der Waals surface area contributed by atoms with E-state index in [0.29, 0.717) is 22.9 Å². The number of amides is 1. The fourth-order valence-corrected chi connectivity index (χ4v) is 3.49. The number of hydrogen-bond acceptors (Lipinski definition) is 6. The monoisotopic (exact) mass is 460 g/mol. The van der Waals surface area contributed by atoms with E-state index in [-0.39, 0.29) is 17.4 Å². The van der Waals surface area contributed by atoms with E-state index in [0.717, 1.165) is 31.9 Å². The Kier molecular flexibility index (Phi) is 9.16. The molecule has 0 saturated carbocycles. The van der Waals surface area contributed by atoms with Gasteiger partial charge in [-0.05, 0) is 0 Å². The Morgan fingerprint density at radius 3 is 2.62 bits per heavy atom. The van der Waals surface area contributed by atoms with Gasteiger partial charge in [0.1, 0.15) is 0 Å². The summed E-state index contributed by atoms with van der Waals surface area (Å²) in [6, 6.07) is 11.5. The Hall–Kier alpha value is -3.72. The molecule has 0 spiro atoms. The van der Waals surface area contributed by atoms with Crippen LogP contribution in [-0.4, -0.2) is 54.6 Å². The molecule has 0 atom stereocenters. The van der Waals surface area contributed by atoms with E-state index in [1.54, 1.807) is 49.4 Å². The topological polar surface area (TPSA) is 81.3 Å². The number of aromatic nitrogens is 1. The Morgan fingerprint density at radius 2 is 1.94 bits per heavy atom. The number of pyridine rings is 1. The van der Waals surface area contributed by atoms with Crippen LogP contribution in [0.2, 0.25) is 6.82 Å². The Bertz CT molecular complexity index is 1110. The summed E-state index contributed by atoms with van der Waals surface area (Å²) in [5, 5.41) is 12.4. The first-order valence-electron chi connectivity index (χ1n) is 11.2. The molecule has 1 aromatic heterocycles. The molecule has 1 amide bonds. The molecule has 176 valence electrons. The van der Waals surface area contributed by atoms with Gasteiger partial charge in [-0.2, -0.15) is 0 Å². The van der Waals surface area contributed by atoms with Crippen molar-refractivity contribution >= 4 is 30.0 Å². The van der Waals surface area contributed by atoms with Crippen LogP contribution in [0.25, 0.3) is 0 Å². The summed E-state index contributed by atoms with van der Waals surface area (Å²) < 4.78 is 14.0. The number of nitrogens with one attached hydrogen (secondary N) is 4. The zero-order valence-corrected chi connectivity index (χ0v) is 19.6. The Morgan fingerprint density at radius 1 is 1.18 bits per heavy atom. The van der Waals surface area contributed by atoms with Crippen molar-refractivity contribution < 1.29 is 9.18 Å². The van der Waals surface area contributed by atoms with Crippen LogP contribution in [0, 0.1) is 5.82 Å². The first kappa shape index (κ1) is 24.9. The number of benzene rings is 1. The fraction of sp³-hybridized carbons (Fsp3) is 0.240. The van der Waals surface area contributed by atoms with Crippen molar-refractivity contribution in [1.82, 2.24) is 20.5 Å². The third-order valence-corrected chi connectivity index (χ3v) is 5.19. The van der Waals surface area contributed by atoms with Crippen molar-refractivity contribution in [3.8, 4) is 0 Å². The van der Waals surface area contributed by atoms with Crippen LogP contribution < -0.4 is 21.3 Å². The van der Waals surface area contributed by atoms with Crippen molar-refractivity contribution in [3.63, 3.8) is 0 Å². The molecule has 2 aromatic rings. The van der Waals surface area contributed by atoms with Crippen molar-refractivity contribution in [2.75, 3.05) is 36.8 Å². The number of carbonyl (C=O) groups is 1. The molecule has 1 saturated heterocycles. The summed E-state index contributed by atoms with van der Waals surface area (Å²) in [5.74, 6) is -0.265. The number of allylic oxidation sites excluding steroid dienone is 3. The predicted octanol–water partition coefficient (Wildman–Crippen LogP) is 3.19. The van der Waals surface area contributed by atoms with Gasteiger partial charge in [-0.25, -0.2) is 0 Å². The molecule has 7 nitrogen and oxygen atoms in total. The van der Waals surface area contributed by atoms with Crippen molar-refractivity contribution in [2.24, 2.45) is 0 Å². The van der Waals surface area contributed by atoms with Gasteiger partial charge in [0.25, 0.3) is 0 Å². The first-order valence-corrected chi connectivity index (χ1v) is 11.2. The van der Waals surface area contributed by atoms with Gasteiger partial charge in [-0.15, -0.1) is 0 Å². The SMILES string of the molecule is C=C/C(NC(=O)c1cccc(NC(=BC)Nc2ccccc2F)n1)=C(\C=C/C)N1CCNCC1. The number of carbonyl (C=O) groups excluding carboxylic acids is 1. The van der Waals surface area contributed by atoms with Crippen molar-refractivity contribution in [3.05, 3.63) is 90.2 Å². The zero-order chi connectivity index (χ0) is 24.3. The van der Waals surface area contributed by atoms with Gasteiger partial charge in [-0.3, -0.25) is 0 Å². The summed E-state index contributed by atoms with van der Waals surface area (Å²) in [6.45, 7) is 12.8. The van der Waals surface area contributed by atoms with Gasteiger partial charge < -0.3 is 5.32 Å². The molecule has 1 aromatic carbocycles. The summed E-state index contributed by atoms with van der Waals surface area (Å²) >= 11 is 0. The van der Waals surface area contributed by atoms with Gasteiger partial charge in [0.15, 0.2) is 0 Å². The second-order valence-electron chi connectivity index (χ2n) is 7.53. The third kappa shape index (κ3) is 6.65. The number of halogens is 1. The molecule has 9 heteroatoms. The van der Waals surface area contributed by atoms with Gasteiger partial charge >= 0.3 is 195 Å². The molecule has 0 aliphatic carbocycles. The molecule has 3 rings (SSSR count). The maximum absolute atomic E-state index is 14.0. The molecule has 0 bridgehead atoms. The van der Waals surface area contributed by atoms with Crippen LogP contribution in [0.5, 0.6) is 0 Å². The molecule has 1 aliphatic rings. The van der Waals surface area contributed by atoms with E-state index in [1.165, 1.54) is 6.07 Å². The summed E-state index contributed by atoms with van der Waals surface area (Å²) in [7, 11) is 0. The van der Waals surface area contributed by atoms with E-state index in [9.17, 15) is 9.18 Å². The number of anilines is 2. The van der Waals surface area contributed by atoms with Gasteiger partial charge in [0.05, 0.1) is 0 Å². The van der Waals surface area contributed by atoms with E-state index in [1.807, 2.05) is 25.9 Å². The summed E-state index contributed by atoms with van der Waals surface area (Å²) in [6.07, 6.45) is 5.56. The van der Waals surface area contributed by atoms with Crippen LogP contribution >= 0.6 is 0 Å². The second-order valence-corrected chi connectivity index (χ2v) is 7.53.